The molecule has 0 fully saturated rings. The highest BCUT2D eigenvalue weighted by molar-refractivity contribution is 9.11. The Morgan fingerprint density at radius 2 is 0.434 bits per heavy atom. The molecule has 0 saturated heterocycles. The van der Waals surface area contributed by atoms with Gasteiger partial charge in [0.2, 0.25) is 0 Å². The number of benzene rings is 15. The van der Waals surface area contributed by atoms with Crippen LogP contribution in [0.2, 0.25) is 0 Å². The summed E-state index contributed by atoms with van der Waals surface area (Å²) in [5, 5.41) is 33.2. The van der Waals surface area contributed by atoms with Gasteiger partial charge >= 0.3 is 7.12 Å². The first-order valence-electron chi connectivity index (χ1n) is 27.7. The van der Waals surface area contributed by atoms with Crippen LogP contribution in [0.3, 0.4) is 0 Å². The summed E-state index contributed by atoms with van der Waals surface area (Å²) in [6.45, 7) is 0. The molecule has 396 valence electrons. The molecule has 0 aliphatic rings. The van der Waals surface area contributed by atoms with Crippen LogP contribution in [0.5, 0.6) is 0 Å². The van der Waals surface area contributed by atoms with Crippen molar-refractivity contribution in [1.82, 2.24) is 0 Å². The van der Waals surface area contributed by atoms with Crippen LogP contribution in [0.25, 0.3) is 120 Å². The minimum absolute atomic E-state index is 0.509. The quantitative estimate of drug-likeness (QED) is 0.129. The van der Waals surface area contributed by atoms with E-state index in [0.717, 1.165) is 11.1 Å². The lowest BCUT2D eigenvalue weighted by Gasteiger charge is -2.14. The third-order valence-corrected chi connectivity index (χ3v) is 16.9. The Morgan fingerprint density at radius 3 is 0.783 bits per heavy atom. The molecular weight excluding hydrogens is 1140 g/mol. The number of fused-ring (bicyclic) bond motifs is 6. The zero-order valence-corrected chi connectivity index (χ0v) is 48.5. The predicted molar refractivity (Wildman–Crippen MR) is 363 cm³/mol. The van der Waals surface area contributed by atoms with Crippen LogP contribution in [0, 0.1) is 0 Å². The van der Waals surface area contributed by atoms with E-state index in [-0.39, 0.29) is 0 Å². The van der Waals surface area contributed by atoms with Crippen LogP contribution < -0.4 is 5.46 Å². The van der Waals surface area contributed by atoms with E-state index in [0.29, 0.717) is 5.46 Å². The summed E-state index contributed by atoms with van der Waals surface area (Å²) in [6.07, 6.45) is 0. The van der Waals surface area contributed by atoms with E-state index in [9.17, 15) is 0 Å². The van der Waals surface area contributed by atoms with Crippen molar-refractivity contribution in [3.8, 4) is 55.6 Å². The molecule has 0 unspecified atom stereocenters. The molecule has 5 heteroatoms. The van der Waals surface area contributed by atoms with E-state index >= 15 is 0 Å². The topological polar surface area (TPSA) is 40.5 Å². The van der Waals surface area contributed by atoms with Gasteiger partial charge in [-0.25, -0.2) is 0 Å². The molecule has 15 rings (SSSR count). The van der Waals surface area contributed by atoms with Gasteiger partial charge in [0.25, 0.3) is 0 Å². The van der Waals surface area contributed by atoms with Gasteiger partial charge in [-0.1, -0.05) is 309 Å². The van der Waals surface area contributed by atoms with Crippen LogP contribution in [0.1, 0.15) is 0 Å². The molecule has 0 spiro atoms. The number of hydrogen-bond acceptors (Lipinski definition) is 2. The molecule has 15 aromatic rings. The third-order valence-electron chi connectivity index (χ3n) is 15.2. The second-order valence-electron chi connectivity index (χ2n) is 20.4. The van der Waals surface area contributed by atoms with Crippen LogP contribution in [0.15, 0.2) is 330 Å². The van der Waals surface area contributed by atoms with E-state index in [1.807, 2.05) is 42.5 Å². The first-order valence-corrected chi connectivity index (χ1v) is 29.3. The number of rotatable bonds is 6. The second-order valence-corrected chi connectivity index (χ2v) is 21.9. The van der Waals surface area contributed by atoms with Gasteiger partial charge in [-0.2, -0.15) is 0 Å². The Balaban J connectivity index is 0.000000113. The van der Waals surface area contributed by atoms with Gasteiger partial charge in [0, 0.05) is 8.95 Å². The normalized spacial score (nSPS) is 10.9. The van der Waals surface area contributed by atoms with Crippen molar-refractivity contribution in [2.24, 2.45) is 0 Å². The number of halogens is 2. The van der Waals surface area contributed by atoms with Crippen molar-refractivity contribution in [1.29, 1.82) is 0 Å². The molecule has 0 radical (unpaired) electrons. The zero-order chi connectivity index (χ0) is 56.5. The van der Waals surface area contributed by atoms with Gasteiger partial charge < -0.3 is 10.0 Å². The van der Waals surface area contributed by atoms with Crippen LogP contribution >= 0.6 is 31.9 Å². The van der Waals surface area contributed by atoms with Crippen molar-refractivity contribution >= 4 is 109 Å². The molecule has 0 aliphatic carbocycles. The number of hydrogen-bond donors (Lipinski definition) is 2. The summed E-state index contributed by atoms with van der Waals surface area (Å²) in [5.74, 6) is 0. The largest absolute Gasteiger partial charge is 0.488 e. The molecule has 15 aromatic carbocycles. The van der Waals surface area contributed by atoms with Gasteiger partial charge in [0.05, 0.1) is 0 Å². The minimum atomic E-state index is -1.39. The molecule has 0 atom stereocenters. The van der Waals surface area contributed by atoms with Gasteiger partial charge in [-0.15, -0.1) is 0 Å². The molecule has 0 aromatic heterocycles. The van der Waals surface area contributed by atoms with E-state index < -0.39 is 7.12 Å². The summed E-state index contributed by atoms with van der Waals surface area (Å²) in [4.78, 5) is 0. The first-order chi connectivity index (χ1) is 40.9. The van der Waals surface area contributed by atoms with E-state index in [1.165, 1.54) is 118 Å². The van der Waals surface area contributed by atoms with Gasteiger partial charge in [0.1, 0.15) is 0 Å². The van der Waals surface area contributed by atoms with Crippen molar-refractivity contribution in [2.75, 3.05) is 0 Å². The van der Waals surface area contributed by atoms with E-state index in [1.54, 1.807) is 12.1 Å². The Hall–Kier alpha value is -9.20. The molecule has 0 saturated carbocycles. The molecule has 83 heavy (non-hydrogen) atoms. The fraction of sp³-hybridized carbons (Fsp3) is 0. The Bertz CT molecular complexity index is 4520. The van der Waals surface area contributed by atoms with E-state index in [4.69, 9.17) is 10.0 Å². The van der Waals surface area contributed by atoms with Crippen molar-refractivity contribution in [3.63, 3.8) is 0 Å². The smallest absolute Gasteiger partial charge is 0.423 e. The molecule has 2 nitrogen and oxygen atoms in total. The van der Waals surface area contributed by atoms with Crippen molar-refractivity contribution in [3.05, 3.63) is 330 Å². The highest BCUT2D eigenvalue weighted by Gasteiger charge is 2.15. The summed E-state index contributed by atoms with van der Waals surface area (Å²) in [6, 6.07) is 112. The maximum Gasteiger partial charge on any atom is 0.488 e. The molecular formula is C78H55BBr2O2. The zero-order valence-electron chi connectivity index (χ0n) is 45.3. The highest BCUT2D eigenvalue weighted by atomic mass is 79.9. The average molecular weight is 1190 g/mol. The standard InChI is InChI=1S/C26H17Br.C26H18.C14H9Br.C12H11BO2/c27-26-23-12-6-4-10-21(23)25(22-11-5-7-13-24(22)26)20-16-14-19(15-17-20)18-8-2-1-3-9-18;1-2-8-19(9-3-1)20-14-16-21(17-15-20)26-24-12-6-4-10-22(24)18-23-11-5-7-13-25(23)26;15-14-12-7-3-1-5-10(12)9-11-6-2-4-8-13(11)14;14-13(15)12-8-6-11(7-9-12)10-4-2-1-3-5-10/h1-17H;1-18H;1-9H;1-9,14-15H. The summed E-state index contributed by atoms with van der Waals surface area (Å²) >= 11 is 7.51. The molecule has 0 heterocycles. The molecule has 0 bridgehead atoms. The minimum Gasteiger partial charge on any atom is -0.423 e. The monoisotopic (exact) mass is 1190 g/mol. The fourth-order valence-electron chi connectivity index (χ4n) is 11.1. The summed E-state index contributed by atoms with van der Waals surface area (Å²) in [7, 11) is -1.39. The lowest BCUT2D eigenvalue weighted by Crippen LogP contribution is -2.29. The average Bonchev–Trinajstić information content (AvgIpc) is 3.70. The maximum atomic E-state index is 8.94. The predicted octanol–water partition coefficient (Wildman–Crippen LogP) is 21.2. The molecule has 0 aliphatic heterocycles. The Morgan fingerprint density at radius 1 is 0.205 bits per heavy atom. The van der Waals surface area contributed by atoms with Gasteiger partial charge in [-0.05, 0) is 170 Å². The lowest BCUT2D eigenvalue weighted by molar-refractivity contribution is 0.426. The lowest BCUT2D eigenvalue weighted by atomic mass is 9.80. The van der Waals surface area contributed by atoms with Crippen molar-refractivity contribution < 1.29 is 10.0 Å². The first kappa shape index (κ1) is 54.4. The van der Waals surface area contributed by atoms with Gasteiger partial charge in [-0.3, -0.25) is 0 Å². The van der Waals surface area contributed by atoms with E-state index in [2.05, 4.69) is 299 Å². The van der Waals surface area contributed by atoms with Crippen LogP contribution in [-0.2, 0) is 0 Å². The molecule has 2 N–H and O–H groups in total. The third kappa shape index (κ3) is 11.9. The van der Waals surface area contributed by atoms with Crippen LogP contribution in [0.4, 0.5) is 0 Å². The second kappa shape index (κ2) is 25.3. The molecule has 0 amide bonds. The summed E-state index contributed by atoms with van der Waals surface area (Å²) in [5.41, 5.74) is 12.8. The Labute approximate surface area is 501 Å². The fourth-order valence-corrected chi connectivity index (χ4v) is 12.5. The SMILES string of the molecule is Brc1c2ccccc2c(-c2ccc(-c3ccccc3)cc2)c2ccccc12.Brc1c2ccccc2cc2ccccc12.OB(O)c1ccc(-c2ccccc2)cc1.c1ccc(-c2ccc(-c3c4ccccc4cc4ccccc34)cc2)cc1. The maximum absolute atomic E-state index is 8.94. The van der Waals surface area contributed by atoms with Crippen molar-refractivity contribution in [2.45, 2.75) is 0 Å². The summed E-state index contributed by atoms with van der Waals surface area (Å²) < 4.78 is 2.36. The Kier molecular flexibility index (Phi) is 16.6. The highest BCUT2D eigenvalue weighted by Crippen LogP contribution is 2.42. The van der Waals surface area contributed by atoms with Crippen LogP contribution in [-0.4, -0.2) is 17.2 Å². The van der Waals surface area contributed by atoms with Gasteiger partial charge in [0.15, 0.2) is 0 Å².